The smallest absolute Gasteiger partial charge is 0.306 e. The number of hydrogen-bond acceptors (Lipinski definition) is 3. The van der Waals surface area contributed by atoms with Gasteiger partial charge in [0.05, 0.1) is 11.5 Å². The molecule has 1 aromatic heterocycles. The lowest BCUT2D eigenvalue weighted by molar-refractivity contribution is -0.142. The fourth-order valence-corrected chi connectivity index (χ4v) is 3.21. The van der Waals surface area contributed by atoms with Gasteiger partial charge < -0.3 is 14.8 Å². The van der Waals surface area contributed by atoms with Gasteiger partial charge in [0.1, 0.15) is 11.8 Å². The molecule has 1 aliphatic rings. The Morgan fingerprint density at radius 1 is 1.13 bits per heavy atom. The molecule has 0 radical (unpaired) electrons. The van der Waals surface area contributed by atoms with Gasteiger partial charge in [-0.2, -0.15) is 0 Å². The predicted octanol–water partition coefficient (Wildman–Crippen LogP) is 3.42. The van der Waals surface area contributed by atoms with Crippen LogP contribution in [0.2, 0.25) is 0 Å². The molecular weight excluding hydrogens is 294 g/mol. The van der Waals surface area contributed by atoms with Gasteiger partial charge in [0.15, 0.2) is 0 Å². The van der Waals surface area contributed by atoms with Gasteiger partial charge in [-0.15, -0.1) is 0 Å². The molecule has 2 aromatic rings. The van der Waals surface area contributed by atoms with Crippen LogP contribution in [0.4, 0.5) is 0 Å². The molecule has 0 spiro atoms. The summed E-state index contributed by atoms with van der Waals surface area (Å²) in [6.45, 7) is 4.02. The largest absolute Gasteiger partial charge is 0.481 e. The van der Waals surface area contributed by atoms with Crippen LogP contribution in [0.5, 0.6) is 0 Å². The number of carboxylic acid groups (broad SMARTS) is 1. The van der Waals surface area contributed by atoms with Crippen LogP contribution in [-0.4, -0.2) is 23.0 Å². The van der Waals surface area contributed by atoms with Crippen molar-refractivity contribution < 1.29 is 19.1 Å². The van der Waals surface area contributed by atoms with Crippen LogP contribution in [0.3, 0.4) is 0 Å². The molecule has 1 aliphatic carbocycles. The molecule has 1 aromatic carbocycles. The Bertz CT molecular complexity index is 754. The van der Waals surface area contributed by atoms with Crippen molar-refractivity contribution in [2.45, 2.75) is 45.6 Å². The lowest BCUT2D eigenvalue weighted by atomic mass is 9.86. The Balaban J connectivity index is 1.72. The first-order valence-corrected chi connectivity index (χ1v) is 7.98. The minimum absolute atomic E-state index is 0.0367. The van der Waals surface area contributed by atoms with Gasteiger partial charge in [0.25, 0.3) is 5.91 Å². The summed E-state index contributed by atoms with van der Waals surface area (Å²) >= 11 is 0. The zero-order valence-corrected chi connectivity index (χ0v) is 13.4. The molecule has 1 amide bonds. The van der Waals surface area contributed by atoms with E-state index < -0.39 is 5.97 Å². The Kier molecular flexibility index (Phi) is 4.11. The number of carbonyl (C=O) groups is 2. The highest BCUT2D eigenvalue weighted by molar-refractivity contribution is 6.06. The molecule has 2 N–H and O–H groups in total. The monoisotopic (exact) mass is 315 g/mol. The summed E-state index contributed by atoms with van der Waals surface area (Å²) in [5.74, 6) is -1.16. The molecule has 5 heteroatoms. The van der Waals surface area contributed by atoms with Crippen molar-refractivity contribution in [1.82, 2.24) is 5.32 Å². The summed E-state index contributed by atoms with van der Waals surface area (Å²) in [6, 6.07) is 3.96. The van der Waals surface area contributed by atoms with Crippen molar-refractivity contribution in [1.29, 1.82) is 0 Å². The lowest BCUT2D eigenvalue weighted by Crippen LogP contribution is -2.38. The second-order valence-corrected chi connectivity index (χ2v) is 6.44. The molecule has 122 valence electrons. The van der Waals surface area contributed by atoms with Crippen LogP contribution in [-0.2, 0) is 4.79 Å². The SMILES string of the molecule is Cc1cc2occ(C(=O)NC3CCC(C(=O)O)CC3)c2cc1C. The summed E-state index contributed by atoms with van der Waals surface area (Å²) in [6.07, 6.45) is 4.14. The predicted molar refractivity (Wildman–Crippen MR) is 86.5 cm³/mol. The van der Waals surface area contributed by atoms with Crippen molar-refractivity contribution in [3.05, 3.63) is 35.1 Å². The zero-order valence-electron chi connectivity index (χ0n) is 13.4. The minimum atomic E-state index is -0.735. The number of carboxylic acids is 1. The number of rotatable bonds is 3. The first-order chi connectivity index (χ1) is 11.0. The number of carbonyl (C=O) groups excluding carboxylic acids is 1. The molecule has 0 saturated heterocycles. The van der Waals surface area contributed by atoms with Gasteiger partial charge >= 0.3 is 5.97 Å². The van der Waals surface area contributed by atoms with E-state index in [-0.39, 0.29) is 17.9 Å². The Morgan fingerprint density at radius 2 is 1.78 bits per heavy atom. The highest BCUT2D eigenvalue weighted by atomic mass is 16.4. The maximum absolute atomic E-state index is 12.5. The number of hydrogen-bond donors (Lipinski definition) is 2. The molecule has 1 saturated carbocycles. The summed E-state index contributed by atoms with van der Waals surface area (Å²) in [4.78, 5) is 23.5. The van der Waals surface area contributed by atoms with Gasteiger partial charge in [-0.05, 0) is 62.8 Å². The first-order valence-electron chi connectivity index (χ1n) is 7.98. The van der Waals surface area contributed by atoms with Crippen molar-refractivity contribution in [3.63, 3.8) is 0 Å². The highest BCUT2D eigenvalue weighted by Crippen LogP contribution is 2.27. The number of nitrogens with one attached hydrogen (secondary N) is 1. The van der Waals surface area contributed by atoms with Gasteiger partial charge in [0.2, 0.25) is 0 Å². The van der Waals surface area contributed by atoms with Crippen LogP contribution in [0, 0.1) is 19.8 Å². The van der Waals surface area contributed by atoms with E-state index in [4.69, 9.17) is 9.52 Å². The maximum Gasteiger partial charge on any atom is 0.306 e. The molecule has 1 fully saturated rings. The third-order valence-electron chi connectivity index (χ3n) is 4.85. The third-order valence-corrected chi connectivity index (χ3v) is 4.85. The topological polar surface area (TPSA) is 79.5 Å². The second kappa shape index (κ2) is 6.07. The van der Waals surface area contributed by atoms with Gasteiger partial charge in [-0.25, -0.2) is 0 Å². The minimum Gasteiger partial charge on any atom is -0.481 e. The summed E-state index contributed by atoms with van der Waals surface area (Å²) in [5.41, 5.74) is 3.51. The molecule has 0 unspecified atom stereocenters. The summed E-state index contributed by atoms with van der Waals surface area (Å²) < 4.78 is 5.51. The average molecular weight is 315 g/mol. The van der Waals surface area contributed by atoms with Crippen molar-refractivity contribution in [2.24, 2.45) is 5.92 Å². The summed E-state index contributed by atoms with van der Waals surface area (Å²) in [7, 11) is 0. The van der Waals surface area contributed by atoms with Crippen molar-refractivity contribution >= 4 is 22.8 Å². The zero-order chi connectivity index (χ0) is 16.6. The van der Waals surface area contributed by atoms with Crippen molar-refractivity contribution in [3.8, 4) is 0 Å². The third kappa shape index (κ3) is 3.09. The standard InChI is InChI=1S/C18H21NO4/c1-10-7-14-15(9-23-16(14)8-11(10)2)17(20)19-13-5-3-12(4-6-13)18(21)22/h7-9,12-13H,3-6H2,1-2H3,(H,19,20)(H,21,22). The lowest BCUT2D eigenvalue weighted by Gasteiger charge is -2.26. The van der Waals surface area contributed by atoms with Crippen LogP contribution in [0.25, 0.3) is 11.0 Å². The Hall–Kier alpha value is -2.30. The molecule has 0 bridgehead atoms. The van der Waals surface area contributed by atoms with Crippen molar-refractivity contribution in [2.75, 3.05) is 0 Å². The molecule has 23 heavy (non-hydrogen) atoms. The van der Waals surface area contributed by atoms with Crippen LogP contribution >= 0.6 is 0 Å². The van der Waals surface area contributed by atoms with E-state index in [2.05, 4.69) is 5.32 Å². The normalized spacial score (nSPS) is 21.3. The van der Waals surface area contributed by atoms with Crippen LogP contribution in [0.1, 0.15) is 47.2 Å². The molecule has 1 heterocycles. The molecular formula is C18H21NO4. The van der Waals surface area contributed by atoms with Gasteiger partial charge in [-0.1, -0.05) is 0 Å². The van der Waals surface area contributed by atoms with Gasteiger partial charge in [0, 0.05) is 11.4 Å². The molecule has 3 rings (SSSR count). The fourth-order valence-electron chi connectivity index (χ4n) is 3.21. The van der Waals surface area contributed by atoms with E-state index in [1.807, 2.05) is 26.0 Å². The molecule has 0 atom stereocenters. The number of aliphatic carboxylic acids is 1. The summed E-state index contributed by atoms with van der Waals surface area (Å²) in [5, 5.41) is 12.9. The van der Waals surface area contributed by atoms with E-state index in [0.29, 0.717) is 36.8 Å². The molecule has 5 nitrogen and oxygen atoms in total. The van der Waals surface area contributed by atoms with E-state index in [9.17, 15) is 9.59 Å². The number of furan rings is 1. The number of amides is 1. The van der Waals surface area contributed by atoms with Crippen LogP contribution in [0.15, 0.2) is 22.8 Å². The number of benzene rings is 1. The fraction of sp³-hybridized carbons (Fsp3) is 0.444. The quantitative estimate of drug-likeness (QED) is 0.909. The number of aryl methyl sites for hydroxylation is 2. The van der Waals surface area contributed by atoms with E-state index in [1.165, 1.54) is 6.26 Å². The Morgan fingerprint density at radius 3 is 2.43 bits per heavy atom. The Labute approximate surface area is 134 Å². The number of fused-ring (bicyclic) bond motifs is 1. The highest BCUT2D eigenvalue weighted by Gasteiger charge is 2.27. The first kappa shape index (κ1) is 15.6. The van der Waals surface area contributed by atoms with E-state index in [0.717, 1.165) is 16.5 Å². The van der Waals surface area contributed by atoms with Gasteiger partial charge in [-0.3, -0.25) is 9.59 Å². The maximum atomic E-state index is 12.5. The average Bonchev–Trinajstić information content (AvgIpc) is 2.91. The second-order valence-electron chi connectivity index (χ2n) is 6.44. The van der Waals surface area contributed by atoms with Crippen LogP contribution < -0.4 is 5.32 Å². The van der Waals surface area contributed by atoms with E-state index >= 15 is 0 Å². The molecule has 0 aliphatic heterocycles. The van der Waals surface area contributed by atoms with E-state index in [1.54, 1.807) is 0 Å².